The summed E-state index contributed by atoms with van der Waals surface area (Å²) in [5, 5.41) is 0. The second kappa shape index (κ2) is 3.81. The molecule has 2 nitrogen and oxygen atoms in total. The topological polar surface area (TPSA) is 34.1 Å². The van der Waals surface area contributed by atoms with Crippen LogP contribution in [0.5, 0.6) is 0 Å². The Morgan fingerprint density at radius 2 is 1.60 bits per heavy atom. The summed E-state index contributed by atoms with van der Waals surface area (Å²) >= 11 is 0. The lowest BCUT2D eigenvalue weighted by molar-refractivity contribution is 0.560. The van der Waals surface area contributed by atoms with Crippen LogP contribution in [-0.2, 0) is 9.84 Å². The van der Waals surface area contributed by atoms with Crippen LogP contribution in [0.1, 0.15) is 26.3 Å². The van der Waals surface area contributed by atoms with Crippen LogP contribution in [0.15, 0.2) is 35.7 Å². The maximum Gasteiger partial charge on any atom is 0.183 e. The van der Waals surface area contributed by atoms with Gasteiger partial charge in [-0.15, -0.1) is 0 Å². The fourth-order valence-corrected chi connectivity index (χ4v) is 2.34. The van der Waals surface area contributed by atoms with Crippen LogP contribution in [0.3, 0.4) is 0 Å². The molecule has 0 atom stereocenters. The van der Waals surface area contributed by atoms with E-state index < -0.39 is 14.6 Å². The van der Waals surface area contributed by atoms with Crippen LogP contribution in [0, 0.1) is 0 Å². The zero-order valence-electron chi connectivity index (χ0n) is 9.32. The number of rotatable bonds is 2. The Kier molecular flexibility index (Phi) is 3.05. The number of benzene rings is 1. The Labute approximate surface area is 91.6 Å². The second-order valence-corrected chi connectivity index (χ2v) is 7.09. The van der Waals surface area contributed by atoms with Gasteiger partial charge >= 0.3 is 0 Å². The molecule has 0 N–H and O–H groups in total. The number of hydrogen-bond donors (Lipinski definition) is 0. The third-order valence-electron chi connectivity index (χ3n) is 2.23. The second-order valence-electron chi connectivity index (χ2n) is 4.39. The molecule has 0 spiro atoms. The van der Waals surface area contributed by atoms with E-state index in [1.54, 1.807) is 51.1 Å². The summed E-state index contributed by atoms with van der Waals surface area (Å²) in [6.45, 7) is 8.72. The van der Waals surface area contributed by atoms with Crippen LogP contribution in [-0.4, -0.2) is 13.2 Å². The van der Waals surface area contributed by atoms with E-state index >= 15 is 0 Å². The molecule has 0 aliphatic carbocycles. The SMILES string of the molecule is C=Cc1ccc(S(=O)(=O)C(C)(C)C)cc1. The molecule has 1 aromatic carbocycles. The van der Waals surface area contributed by atoms with Crippen molar-refractivity contribution in [1.29, 1.82) is 0 Å². The van der Waals surface area contributed by atoms with Gasteiger partial charge in [-0.2, -0.15) is 0 Å². The molecule has 3 heteroatoms. The fraction of sp³-hybridized carbons (Fsp3) is 0.333. The van der Waals surface area contributed by atoms with Gasteiger partial charge in [0.05, 0.1) is 9.64 Å². The molecule has 0 saturated carbocycles. The summed E-state index contributed by atoms with van der Waals surface area (Å²) in [6.07, 6.45) is 1.69. The maximum atomic E-state index is 12.0. The van der Waals surface area contributed by atoms with Gasteiger partial charge in [-0.05, 0) is 38.5 Å². The van der Waals surface area contributed by atoms with E-state index in [0.717, 1.165) is 5.56 Å². The van der Waals surface area contributed by atoms with Gasteiger partial charge in [-0.25, -0.2) is 8.42 Å². The first-order valence-electron chi connectivity index (χ1n) is 4.76. The molecule has 0 radical (unpaired) electrons. The van der Waals surface area contributed by atoms with Gasteiger partial charge in [-0.3, -0.25) is 0 Å². The first kappa shape index (κ1) is 12.0. The normalized spacial score (nSPS) is 12.5. The molecular formula is C12H16O2S. The quantitative estimate of drug-likeness (QED) is 0.774. The first-order valence-corrected chi connectivity index (χ1v) is 6.24. The minimum Gasteiger partial charge on any atom is -0.223 e. The molecule has 0 saturated heterocycles. The molecule has 1 aromatic rings. The molecule has 0 aromatic heterocycles. The molecule has 0 aliphatic rings. The van der Waals surface area contributed by atoms with Gasteiger partial charge in [0.25, 0.3) is 0 Å². The average molecular weight is 224 g/mol. The van der Waals surface area contributed by atoms with Crippen molar-refractivity contribution in [3.05, 3.63) is 36.4 Å². The van der Waals surface area contributed by atoms with E-state index in [0.29, 0.717) is 4.90 Å². The predicted molar refractivity (Wildman–Crippen MR) is 63.5 cm³/mol. The van der Waals surface area contributed by atoms with E-state index in [-0.39, 0.29) is 0 Å². The van der Waals surface area contributed by atoms with Crippen molar-refractivity contribution in [2.24, 2.45) is 0 Å². The Bertz CT molecular complexity index is 447. The summed E-state index contributed by atoms with van der Waals surface area (Å²) in [4.78, 5) is 0.362. The van der Waals surface area contributed by atoms with Crippen LogP contribution in [0.25, 0.3) is 6.08 Å². The molecule has 1 rings (SSSR count). The van der Waals surface area contributed by atoms with E-state index in [2.05, 4.69) is 6.58 Å². The maximum absolute atomic E-state index is 12.0. The molecule has 0 bridgehead atoms. The van der Waals surface area contributed by atoms with Crippen LogP contribution >= 0.6 is 0 Å². The van der Waals surface area contributed by atoms with Crippen LogP contribution in [0.2, 0.25) is 0 Å². The van der Waals surface area contributed by atoms with E-state index in [1.165, 1.54) is 0 Å². The number of sulfone groups is 1. The van der Waals surface area contributed by atoms with Crippen LogP contribution < -0.4 is 0 Å². The van der Waals surface area contributed by atoms with Gasteiger partial charge < -0.3 is 0 Å². The molecule has 0 heterocycles. The molecule has 0 aliphatic heterocycles. The molecule has 15 heavy (non-hydrogen) atoms. The van der Waals surface area contributed by atoms with E-state index in [9.17, 15) is 8.42 Å². The molecule has 82 valence electrons. The molecular weight excluding hydrogens is 208 g/mol. The van der Waals surface area contributed by atoms with Crippen molar-refractivity contribution in [2.45, 2.75) is 30.4 Å². The monoisotopic (exact) mass is 224 g/mol. The largest absolute Gasteiger partial charge is 0.223 e. The van der Waals surface area contributed by atoms with Gasteiger partial charge in [0.2, 0.25) is 0 Å². The van der Waals surface area contributed by atoms with E-state index in [1.807, 2.05) is 0 Å². The Morgan fingerprint density at radius 1 is 1.13 bits per heavy atom. The van der Waals surface area contributed by atoms with Crippen molar-refractivity contribution < 1.29 is 8.42 Å². The highest BCUT2D eigenvalue weighted by atomic mass is 32.2. The average Bonchev–Trinajstić information content (AvgIpc) is 2.16. The lowest BCUT2D eigenvalue weighted by Crippen LogP contribution is -2.27. The third-order valence-corrected chi connectivity index (χ3v) is 4.74. The van der Waals surface area contributed by atoms with Crippen molar-refractivity contribution in [1.82, 2.24) is 0 Å². The fourth-order valence-electron chi connectivity index (χ4n) is 1.14. The van der Waals surface area contributed by atoms with Crippen LogP contribution in [0.4, 0.5) is 0 Å². The van der Waals surface area contributed by atoms with E-state index in [4.69, 9.17) is 0 Å². The standard InChI is InChI=1S/C12H16O2S/c1-5-10-6-8-11(9-7-10)15(13,14)12(2,3)4/h5-9H,1H2,2-4H3. The van der Waals surface area contributed by atoms with Gasteiger partial charge in [0.15, 0.2) is 9.84 Å². The highest BCUT2D eigenvalue weighted by Crippen LogP contribution is 2.24. The van der Waals surface area contributed by atoms with Gasteiger partial charge in [0, 0.05) is 0 Å². The molecule has 0 amide bonds. The lowest BCUT2D eigenvalue weighted by Gasteiger charge is -2.19. The zero-order chi connectivity index (χ0) is 11.7. The summed E-state index contributed by atoms with van der Waals surface area (Å²) in [6, 6.07) is 6.76. The predicted octanol–water partition coefficient (Wildman–Crippen LogP) is 2.90. The number of hydrogen-bond acceptors (Lipinski definition) is 2. The summed E-state index contributed by atoms with van der Waals surface area (Å²) in [5.41, 5.74) is 0.919. The van der Waals surface area contributed by atoms with Crippen molar-refractivity contribution in [2.75, 3.05) is 0 Å². The minimum atomic E-state index is -3.24. The summed E-state index contributed by atoms with van der Waals surface area (Å²) in [5.74, 6) is 0. The minimum absolute atomic E-state index is 0.362. The molecule has 0 unspecified atom stereocenters. The lowest BCUT2D eigenvalue weighted by atomic mass is 10.2. The zero-order valence-corrected chi connectivity index (χ0v) is 10.1. The Hall–Kier alpha value is -1.09. The van der Waals surface area contributed by atoms with Crippen molar-refractivity contribution in [3.63, 3.8) is 0 Å². The Morgan fingerprint density at radius 3 is 1.93 bits per heavy atom. The van der Waals surface area contributed by atoms with Crippen molar-refractivity contribution in [3.8, 4) is 0 Å². The smallest absolute Gasteiger partial charge is 0.183 e. The summed E-state index contributed by atoms with van der Waals surface area (Å²) in [7, 11) is -3.24. The highest BCUT2D eigenvalue weighted by molar-refractivity contribution is 7.92. The molecule has 0 fully saturated rings. The van der Waals surface area contributed by atoms with Gasteiger partial charge in [0.1, 0.15) is 0 Å². The third kappa shape index (κ3) is 2.29. The first-order chi connectivity index (χ1) is 6.79. The van der Waals surface area contributed by atoms with Gasteiger partial charge in [-0.1, -0.05) is 24.8 Å². The highest BCUT2D eigenvalue weighted by Gasteiger charge is 2.30. The summed E-state index contributed by atoms with van der Waals surface area (Å²) < 4.78 is 23.3. The van der Waals surface area contributed by atoms with Crippen molar-refractivity contribution >= 4 is 15.9 Å². The Balaban J connectivity index is 3.24.